The van der Waals surface area contributed by atoms with E-state index >= 15 is 0 Å². The lowest BCUT2D eigenvalue weighted by Crippen LogP contribution is -2.45. The highest BCUT2D eigenvalue weighted by Gasteiger charge is 2.22. The average molecular weight is 270 g/mol. The molecule has 1 fully saturated rings. The minimum atomic E-state index is -0.793. The van der Waals surface area contributed by atoms with Crippen molar-refractivity contribution >= 4 is 17.6 Å². The quantitative estimate of drug-likeness (QED) is 0.903. The molecule has 0 spiro atoms. The molecule has 4 nitrogen and oxygen atoms in total. The van der Waals surface area contributed by atoms with Crippen LogP contribution in [0.25, 0.3) is 0 Å². The zero-order valence-corrected chi connectivity index (χ0v) is 10.8. The highest BCUT2D eigenvalue weighted by Crippen LogP contribution is 2.15. The number of hydrogen-bond donors (Lipinski definition) is 1. The number of aliphatic carboxylic acids is 1. The fourth-order valence-electron chi connectivity index (χ4n) is 2.17. The van der Waals surface area contributed by atoms with Crippen LogP contribution in [0.5, 0.6) is 0 Å². The number of morpholine rings is 1. The molecule has 1 unspecified atom stereocenters. The van der Waals surface area contributed by atoms with Gasteiger partial charge in [0, 0.05) is 18.1 Å². The monoisotopic (exact) mass is 269 g/mol. The molecule has 1 heterocycles. The maximum absolute atomic E-state index is 10.7. The molecule has 0 saturated carbocycles. The lowest BCUT2D eigenvalue weighted by atomic mass is 10.1. The number of carboxylic acids is 1. The number of carboxylic acid groups (broad SMARTS) is 1. The van der Waals surface area contributed by atoms with Gasteiger partial charge in [-0.25, -0.2) is 0 Å². The summed E-state index contributed by atoms with van der Waals surface area (Å²) in [6.45, 7) is 1.99. The normalized spacial score (nSPS) is 20.8. The smallest absolute Gasteiger partial charge is 0.317 e. The molecule has 0 amide bonds. The third kappa shape index (κ3) is 3.98. The molecule has 1 aromatic rings. The number of rotatable bonds is 4. The third-order valence-corrected chi connectivity index (χ3v) is 3.17. The molecule has 0 aliphatic carbocycles. The molecule has 0 bridgehead atoms. The summed E-state index contributed by atoms with van der Waals surface area (Å²) >= 11 is 5.93. The second kappa shape index (κ2) is 6.18. The lowest BCUT2D eigenvalue weighted by Gasteiger charge is -2.31. The lowest BCUT2D eigenvalue weighted by molar-refractivity contribution is -0.140. The predicted molar refractivity (Wildman–Crippen MR) is 69.0 cm³/mol. The summed E-state index contributed by atoms with van der Waals surface area (Å²) in [5.41, 5.74) is 1.12. The van der Waals surface area contributed by atoms with E-state index < -0.39 is 5.97 Å². The van der Waals surface area contributed by atoms with Crippen molar-refractivity contribution in [1.29, 1.82) is 0 Å². The molecule has 1 aromatic carbocycles. The Kier molecular flexibility index (Phi) is 4.58. The van der Waals surface area contributed by atoms with Gasteiger partial charge in [-0.2, -0.15) is 0 Å². The van der Waals surface area contributed by atoms with E-state index in [0.717, 1.165) is 12.0 Å². The molecule has 18 heavy (non-hydrogen) atoms. The molecular formula is C13H16ClNO3. The van der Waals surface area contributed by atoms with Gasteiger partial charge >= 0.3 is 5.97 Å². The van der Waals surface area contributed by atoms with Crippen LogP contribution in [0.3, 0.4) is 0 Å². The molecule has 2 rings (SSSR count). The molecule has 1 aliphatic rings. The van der Waals surface area contributed by atoms with Crippen LogP contribution in [0.2, 0.25) is 5.02 Å². The van der Waals surface area contributed by atoms with E-state index in [1.54, 1.807) is 0 Å². The number of benzene rings is 1. The minimum Gasteiger partial charge on any atom is -0.480 e. The van der Waals surface area contributed by atoms with E-state index in [0.29, 0.717) is 24.7 Å². The Hall–Kier alpha value is -1.10. The van der Waals surface area contributed by atoms with Gasteiger partial charge in [-0.05, 0) is 24.1 Å². The second-order valence-electron chi connectivity index (χ2n) is 4.46. The maximum atomic E-state index is 10.7. The summed E-state index contributed by atoms with van der Waals surface area (Å²) in [6.07, 6.45) is 0.799. The van der Waals surface area contributed by atoms with Crippen LogP contribution in [-0.2, 0) is 16.0 Å². The number of hydrogen-bond acceptors (Lipinski definition) is 3. The first-order chi connectivity index (χ1) is 8.63. The zero-order valence-electron chi connectivity index (χ0n) is 10.0. The molecule has 0 radical (unpaired) electrons. The van der Waals surface area contributed by atoms with Gasteiger partial charge in [-0.15, -0.1) is 0 Å². The van der Waals surface area contributed by atoms with Crippen molar-refractivity contribution in [3.8, 4) is 0 Å². The van der Waals surface area contributed by atoms with Gasteiger partial charge < -0.3 is 9.84 Å². The summed E-state index contributed by atoms with van der Waals surface area (Å²) in [4.78, 5) is 12.6. The second-order valence-corrected chi connectivity index (χ2v) is 4.89. The van der Waals surface area contributed by atoms with E-state index in [1.807, 2.05) is 29.2 Å². The van der Waals surface area contributed by atoms with Crippen LogP contribution >= 0.6 is 11.6 Å². The van der Waals surface area contributed by atoms with Crippen molar-refractivity contribution < 1.29 is 14.6 Å². The van der Waals surface area contributed by atoms with Gasteiger partial charge in [0.25, 0.3) is 0 Å². The van der Waals surface area contributed by atoms with Gasteiger partial charge in [-0.1, -0.05) is 23.7 Å². The maximum Gasteiger partial charge on any atom is 0.317 e. The molecule has 0 aromatic heterocycles. The third-order valence-electron chi connectivity index (χ3n) is 2.93. The molecule has 5 heteroatoms. The highest BCUT2D eigenvalue weighted by atomic mass is 35.5. The van der Waals surface area contributed by atoms with E-state index in [2.05, 4.69) is 0 Å². The molecule has 1 N–H and O–H groups in total. The number of ether oxygens (including phenoxy) is 1. The Labute approximate surface area is 111 Å². The fraction of sp³-hybridized carbons (Fsp3) is 0.462. The Morgan fingerprint density at radius 1 is 1.56 bits per heavy atom. The largest absolute Gasteiger partial charge is 0.480 e. The van der Waals surface area contributed by atoms with Gasteiger partial charge in [0.1, 0.15) is 0 Å². The van der Waals surface area contributed by atoms with Crippen molar-refractivity contribution in [2.24, 2.45) is 0 Å². The van der Waals surface area contributed by atoms with Crippen LogP contribution in [0, 0.1) is 0 Å². The highest BCUT2D eigenvalue weighted by molar-refractivity contribution is 6.30. The van der Waals surface area contributed by atoms with Crippen LogP contribution < -0.4 is 0 Å². The van der Waals surface area contributed by atoms with E-state index in [-0.39, 0.29) is 12.6 Å². The fourth-order valence-corrected chi connectivity index (χ4v) is 2.38. The molecule has 1 aliphatic heterocycles. The minimum absolute atomic E-state index is 0.0385. The number of halogens is 1. The zero-order chi connectivity index (χ0) is 13.0. The van der Waals surface area contributed by atoms with Crippen molar-refractivity contribution in [3.05, 3.63) is 34.9 Å². The van der Waals surface area contributed by atoms with Gasteiger partial charge in [0.2, 0.25) is 0 Å². The standard InChI is InChI=1S/C13H16ClNO3/c14-11-3-1-2-10(6-11)7-12-8-15(4-5-18-12)9-13(16)17/h1-3,6,12H,4-5,7-9H2,(H,16,17). The van der Waals surface area contributed by atoms with Crippen molar-refractivity contribution in [2.75, 3.05) is 26.2 Å². The Morgan fingerprint density at radius 2 is 2.39 bits per heavy atom. The molecular weight excluding hydrogens is 254 g/mol. The van der Waals surface area contributed by atoms with Gasteiger partial charge in [0.05, 0.1) is 19.3 Å². The average Bonchev–Trinajstić information content (AvgIpc) is 2.28. The topological polar surface area (TPSA) is 49.8 Å². The summed E-state index contributed by atoms with van der Waals surface area (Å²) < 4.78 is 5.66. The van der Waals surface area contributed by atoms with Crippen molar-refractivity contribution in [1.82, 2.24) is 4.90 Å². The number of carbonyl (C=O) groups is 1. The van der Waals surface area contributed by atoms with Crippen LogP contribution in [0.15, 0.2) is 24.3 Å². The Morgan fingerprint density at radius 3 is 3.11 bits per heavy atom. The number of nitrogens with zero attached hydrogens (tertiary/aromatic N) is 1. The molecule has 1 saturated heterocycles. The first-order valence-electron chi connectivity index (χ1n) is 5.93. The summed E-state index contributed by atoms with van der Waals surface area (Å²) in [6, 6.07) is 7.67. The summed E-state index contributed by atoms with van der Waals surface area (Å²) in [7, 11) is 0. The summed E-state index contributed by atoms with van der Waals surface area (Å²) in [5.74, 6) is -0.793. The molecule has 98 valence electrons. The first-order valence-corrected chi connectivity index (χ1v) is 6.31. The van der Waals surface area contributed by atoms with E-state index in [9.17, 15) is 4.79 Å². The van der Waals surface area contributed by atoms with Crippen LogP contribution in [-0.4, -0.2) is 48.3 Å². The Balaban J connectivity index is 1.91. The summed E-state index contributed by atoms with van der Waals surface area (Å²) in [5, 5.41) is 9.49. The first kappa shape index (κ1) is 13.3. The van der Waals surface area contributed by atoms with E-state index in [1.165, 1.54) is 0 Å². The predicted octanol–water partition coefficient (Wildman–Crippen LogP) is 1.67. The van der Waals surface area contributed by atoms with E-state index in [4.69, 9.17) is 21.4 Å². The van der Waals surface area contributed by atoms with Crippen LogP contribution in [0.1, 0.15) is 5.56 Å². The van der Waals surface area contributed by atoms with Crippen molar-refractivity contribution in [3.63, 3.8) is 0 Å². The van der Waals surface area contributed by atoms with Crippen LogP contribution in [0.4, 0.5) is 0 Å². The van der Waals surface area contributed by atoms with Gasteiger partial charge in [0.15, 0.2) is 0 Å². The van der Waals surface area contributed by atoms with Crippen molar-refractivity contribution in [2.45, 2.75) is 12.5 Å². The van der Waals surface area contributed by atoms with Gasteiger partial charge in [-0.3, -0.25) is 9.69 Å². The SMILES string of the molecule is O=C(O)CN1CCOC(Cc2cccc(Cl)c2)C1. The molecule has 1 atom stereocenters. The Bertz CT molecular complexity index is 424.